The second-order valence-corrected chi connectivity index (χ2v) is 9.00. The molecule has 2 heterocycles. The van der Waals surface area contributed by atoms with Gasteiger partial charge in [-0.2, -0.15) is 0 Å². The molecule has 1 saturated carbocycles. The van der Waals surface area contributed by atoms with Crippen molar-refractivity contribution in [1.82, 2.24) is 9.88 Å². The first-order chi connectivity index (χ1) is 15.4. The summed E-state index contributed by atoms with van der Waals surface area (Å²) in [5.74, 6) is -0.00826. The predicted molar refractivity (Wildman–Crippen MR) is 122 cm³/mol. The molecule has 164 valence electrons. The summed E-state index contributed by atoms with van der Waals surface area (Å²) in [6.45, 7) is 0.211. The molecule has 3 N–H and O–H groups in total. The minimum Gasteiger partial charge on any atom is -0.497 e. The number of thiazole rings is 1. The number of rotatable bonds is 7. The number of hydrogen-bond donors (Lipinski definition) is 3. The van der Waals surface area contributed by atoms with Crippen LogP contribution in [0.1, 0.15) is 24.3 Å². The van der Waals surface area contributed by atoms with Crippen molar-refractivity contribution in [3.05, 3.63) is 64.0 Å². The van der Waals surface area contributed by atoms with E-state index < -0.39 is 12.6 Å². The first-order valence-corrected chi connectivity index (χ1v) is 11.1. The van der Waals surface area contributed by atoms with Crippen molar-refractivity contribution < 1.29 is 24.0 Å². The number of nitrogens with zero attached hydrogens (tertiary/aromatic N) is 1. The van der Waals surface area contributed by atoms with Gasteiger partial charge in [0, 0.05) is 29.8 Å². The lowest BCUT2D eigenvalue weighted by atomic mass is 9.73. The fraction of sp³-hybridized carbons (Fsp3) is 0.273. The van der Waals surface area contributed by atoms with Gasteiger partial charge in [0.15, 0.2) is 0 Å². The average molecular weight is 452 g/mol. The molecule has 1 amide bonds. The van der Waals surface area contributed by atoms with E-state index in [1.165, 1.54) is 0 Å². The molecule has 1 fully saturated rings. The quantitative estimate of drug-likeness (QED) is 0.371. The maximum Gasteiger partial charge on any atom is 0.479 e. The lowest BCUT2D eigenvalue weighted by Crippen LogP contribution is -2.50. The van der Waals surface area contributed by atoms with Crippen LogP contribution in [0.25, 0.3) is 21.2 Å². The van der Waals surface area contributed by atoms with E-state index in [-0.39, 0.29) is 29.7 Å². The van der Waals surface area contributed by atoms with E-state index in [2.05, 4.69) is 5.32 Å². The predicted octanol–water partition coefficient (Wildman–Crippen LogP) is 2.26. The highest BCUT2D eigenvalue weighted by Crippen LogP contribution is 2.54. The van der Waals surface area contributed by atoms with E-state index in [4.69, 9.17) is 9.15 Å². The van der Waals surface area contributed by atoms with Gasteiger partial charge in [0.05, 0.1) is 29.0 Å². The molecule has 8 nitrogen and oxygen atoms in total. The molecule has 0 aliphatic heterocycles. The molecule has 32 heavy (non-hydrogen) atoms. The Morgan fingerprint density at radius 2 is 2.16 bits per heavy atom. The molecule has 4 aromatic rings. The van der Waals surface area contributed by atoms with E-state index in [9.17, 15) is 19.6 Å². The summed E-state index contributed by atoms with van der Waals surface area (Å²) >= 11 is 1.14. The second-order valence-electron chi connectivity index (χ2n) is 8.01. The zero-order chi connectivity index (χ0) is 22.5. The first-order valence-electron chi connectivity index (χ1n) is 10.2. The highest BCUT2D eigenvalue weighted by atomic mass is 32.1. The number of amides is 1. The van der Waals surface area contributed by atoms with E-state index in [0.29, 0.717) is 17.8 Å². The summed E-state index contributed by atoms with van der Waals surface area (Å²) in [7, 11) is -0.168. The third kappa shape index (κ3) is 3.40. The number of aryl methyl sites for hydroxylation is 1. The summed E-state index contributed by atoms with van der Waals surface area (Å²) in [5.41, 5.74) is 1.03. The van der Waals surface area contributed by atoms with Gasteiger partial charge in [-0.25, -0.2) is 0 Å². The summed E-state index contributed by atoms with van der Waals surface area (Å²) in [6, 6.07) is 12.8. The number of furan rings is 1. The highest BCUT2D eigenvalue weighted by Gasteiger charge is 2.64. The molecule has 10 heteroatoms. The number of carbonyl (C=O) groups is 1. The Morgan fingerprint density at radius 3 is 2.94 bits per heavy atom. The van der Waals surface area contributed by atoms with Crippen molar-refractivity contribution in [3.63, 3.8) is 0 Å². The summed E-state index contributed by atoms with van der Waals surface area (Å²) in [6.07, 6.45) is 1.99. The molecule has 0 spiro atoms. The Balaban J connectivity index is 1.34. The maximum absolute atomic E-state index is 12.7. The van der Waals surface area contributed by atoms with E-state index in [0.717, 1.165) is 32.5 Å². The summed E-state index contributed by atoms with van der Waals surface area (Å²) < 4.78 is 13.3. The van der Waals surface area contributed by atoms with Crippen LogP contribution >= 0.6 is 11.3 Å². The molecule has 1 aliphatic rings. The van der Waals surface area contributed by atoms with Gasteiger partial charge < -0.3 is 24.5 Å². The van der Waals surface area contributed by atoms with Crippen molar-refractivity contribution in [1.29, 1.82) is 0 Å². The van der Waals surface area contributed by atoms with Gasteiger partial charge in [0.25, 0.3) is 0 Å². The average Bonchev–Trinajstić information content (AvgIpc) is 3.20. The monoisotopic (exact) mass is 452 g/mol. The van der Waals surface area contributed by atoms with Gasteiger partial charge >= 0.3 is 12.0 Å². The lowest BCUT2D eigenvalue weighted by Gasteiger charge is -2.18. The molecule has 1 unspecified atom stereocenters. The molecule has 5 rings (SSSR count). The first kappa shape index (κ1) is 20.8. The van der Waals surface area contributed by atoms with Crippen molar-refractivity contribution in [3.8, 4) is 5.75 Å². The fourth-order valence-corrected chi connectivity index (χ4v) is 5.26. The van der Waals surface area contributed by atoms with Gasteiger partial charge in [-0.05, 0) is 36.8 Å². The number of para-hydroxylation sites is 1. The molecule has 0 saturated heterocycles. The Hall–Kier alpha value is -3.08. The van der Waals surface area contributed by atoms with Crippen LogP contribution in [-0.2, 0) is 11.3 Å². The highest BCUT2D eigenvalue weighted by molar-refractivity contribution is 7.16. The van der Waals surface area contributed by atoms with Crippen LogP contribution in [-0.4, -0.2) is 40.2 Å². The van der Waals surface area contributed by atoms with Crippen LogP contribution in [0.4, 0.5) is 0 Å². The van der Waals surface area contributed by atoms with Crippen LogP contribution in [0.5, 0.6) is 5.75 Å². The third-order valence-corrected chi connectivity index (χ3v) is 7.12. The summed E-state index contributed by atoms with van der Waals surface area (Å²) in [4.78, 5) is 24.9. The molecular formula is C22H21BN2O6S. The minimum atomic E-state index is -1.74. The van der Waals surface area contributed by atoms with Crippen LogP contribution in [0, 0.1) is 0 Å². The molecular weight excluding hydrogens is 431 g/mol. The number of aromatic nitrogens is 1. The fourth-order valence-electron chi connectivity index (χ4n) is 4.34. The van der Waals surface area contributed by atoms with Gasteiger partial charge in [-0.3, -0.25) is 14.2 Å². The Morgan fingerprint density at radius 1 is 1.34 bits per heavy atom. The van der Waals surface area contributed by atoms with Gasteiger partial charge in [0.1, 0.15) is 11.3 Å². The normalized spacial score (nSPS) is 19.9. The minimum absolute atomic E-state index is 0.0434. The van der Waals surface area contributed by atoms with E-state index in [1.807, 2.05) is 30.3 Å². The number of benzene rings is 2. The van der Waals surface area contributed by atoms with Crippen LogP contribution in [0.15, 0.2) is 57.9 Å². The van der Waals surface area contributed by atoms with Crippen LogP contribution in [0.2, 0.25) is 0 Å². The number of fused-ring (bicyclic) bond motifs is 2. The van der Waals surface area contributed by atoms with Crippen LogP contribution < -0.4 is 14.9 Å². The zero-order valence-electron chi connectivity index (χ0n) is 17.3. The number of nitrogens with one attached hydrogen (secondary N) is 1. The van der Waals surface area contributed by atoms with Crippen molar-refractivity contribution >= 4 is 45.5 Å². The number of hydrogen-bond acceptors (Lipinski definition) is 7. The van der Waals surface area contributed by atoms with Gasteiger partial charge in [-0.1, -0.05) is 23.5 Å². The molecule has 2 aromatic heterocycles. The summed E-state index contributed by atoms with van der Waals surface area (Å²) in [5, 5.41) is 23.8. The van der Waals surface area contributed by atoms with Crippen LogP contribution in [0.3, 0.4) is 0 Å². The van der Waals surface area contributed by atoms with Crippen molar-refractivity contribution in [2.75, 3.05) is 7.11 Å². The van der Waals surface area contributed by atoms with E-state index in [1.54, 1.807) is 30.1 Å². The molecule has 0 radical (unpaired) electrons. The topological polar surface area (TPSA) is 114 Å². The van der Waals surface area contributed by atoms with Crippen molar-refractivity contribution in [2.45, 2.75) is 30.7 Å². The third-order valence-electron chi connectivity index (χ3n) is 6.16. The van der Waals surface area contributed by atoms with Gasteiger partial charge in [0.2, 0.25) is 5.91 Å². The Bertz CT molecular complexity index is 1380. The number of carbonyl (C=O) groups excluding carboxylic acids is 1. The Labute approximate surface area is 187 Å². The Kier molecular flexibility index (Phi) is 5.08. The van der Waals surface area contributed by atoms with Gasteiger partial charge in [-0.15, -0.1) is 0 Å². The number of methoxy groups -OCH3 is 1. The van der Waals surface area contributed by atoms with Crippen molar-refractivity contribution in [2.24, 2.45) is 0 Å². The number of ether oxygens (including phenoxy) is 1. The maximum atomic E-state index is 12.7. The SMILES string of the molecule is COc1ccc2occ([C@@H]3CC3(NC(=O)CCn3c(=O)sc4ccccc43)B(O)O)c2c1. The second kappa shape index (κ2) is 7.81. The molecule has 0 bridgehead atoms. The lowest BCUT2D eigenvalue weighted by molar-refractivity contribution is -0.121. The molecule has 1 aliphatic carbocycles. The standard InChI is InChI=1S/C22H21BN2O6S/c1-30-13-6-7-18-14(10-13)15(12-31-18)16-11-22(16,23(28)29)24-20(26)8-9-25-17-4-2-3-5-19(17)32-21(25)27/h2-7,10,12,16,28-29H,8-9,11H2,1H3,(H,24,26)/t16-,22?/m0/s1. The van der Waals surface area contributed by atoms with E-state index >= 15 is 0 Å². The zero-order valence-corrected chi connectivity index (χ0v) is 18.1. The molecule has 2 aromatic carbocycles. The largest absolute Gasteiger partial charge is 0.497 e. The molecule has 2 atom stereocenters. The smallest absolute Gasteiger partial charge is 0.479 e.